The number of rotatable bonds is 4. The number of amides is 1. The first kappa shape index (κ1) is 13.8. The standard InChI is InChI=1S/C14H27N3O/c1-2-14(18)17-10-4-3-5-13(17)11-16-12-6-8-15-9-7-12/h12-13,15-16H,2-11H2,1H3. The second-order valence-corrected chi connectivity index (χ2v) is 5.52. The van der Waals surface area contributed by atoms with Crippen molar-refractivity contribution in [3.8, 4) is 0 Å². The summed E-state index contributed by atoms with van der Waals surface area (Å²) >= 11 is 0. The smallest absolute Gasteiger partial charge is 0.222 e. The van der Waals surface area contributed by atoms with Crippen LogP contribution in [0, 0.1) is 0 Å². The highest BCUT2D eigenvalue weighted by Crippen LogP contribution is 2.18. The van der Waals surface area contributed by atoms with Crippen LogP contribution in [0.1, 0.15) is 45.4 Å². The van der Waals surface area contributed by atoms with Crippen molar-refractivity contribution < 1.29 is 4.79 Å². The van der Waals surface area contributed by atoms with Crippen LogP contribution < -0.4 is 10.6 Å². The average Bonchev–Trinajstić information content (AvgIpc) is 2.45. The van der Waals surface area contributed by atoms with E-state index in [1.54, 1.807) is 0 Å². The summed E-state index contributed by atoms with van der Waals surface area (Å²) in [5.41, 5.74) is 0. The number of carbonyl (C=O) groups excluding carboxylic acids is 1. The fourth-order valence-corrected chi connectivity index (χ4v) is 3.07. The lowest BCUT2D eigenvalue weighted by Gasteiger charge is -2.37. The number of nitrogens with one attached hydrogen (secondary N) is 2. The molecular weight excluding hydrogens is 226 g/mol. The molecule has 1 amide bonds. The lowest BCUT2D eigenvalue weighted by molar-refractivity contribution is -0.134. The molecule has 2 heterocycles. The van der Waals surface area contributed by atoms with E-state index < -0.39 is 0 Å². The van der Waals surface area contributed by atoms with Crippen LogP contribution in [0.5, 0.6) is 0 Å². The molecule has 0 aromatic heterocycles. The Bertz CT molecular complexity index is 264. The van der Waals surface area contributed by atoms with Crippen molar-refractivity contribution in [3.05, 3.63) is 0 Å². The minimum Gasteiger partial charge on any atom is -0.338 e. The molecule has 2 saturated heterocycles. The summed E-state index contributed by atoms with van der Waals surface area (Å²) in [5, 5.41) is 7.05. The maximum absolute atomic E-state index is 11.9. The highest BCUT2D eigenvalue weighted by molar-refractivity contribution is 5.76. The first-order chi connectivity index (χ1) is 8.81. The summed E-state index contributed by atoms with van der Waals surface area (Å²) in [7, 11) is 0. The predicted molar refractivity (Wildman–Crippen MR) is 73.5 cm³/mol. The molecule has 0 spiro atoms. The highest BCUT2D eigenvalue weighted by Gasteiger charge is 2.26. The number of carbonyl (C=O) groups is 1. The molecule has 2 N–H and O–H groups in total. The normalized spacial score (nSPS) is 26.3. The molecule has 2 aliphatic rings. The third-order valence-corrected chi connectivity index (χ3v) is 4.23. The first-order valence-electron chi connectivity index (χ1n) is 7.55. The Morgan fingerprint density at radius 2 is 2.06 bits per heavy atom. The van der Waals surface area contributed by atoms with Gasteiger partial charge in [-0.2, -0.15) is 0 Å². The van der Waals surface area contributed by atoms with Crippen molar-refractivity contribution in [1.82, 2.24) is 15.5 Å². The number of likely N-dealkylation sites (tertiary alicyclic amines) is 1. The SMILES string of the molecule is CCC(=O)N1CCCCC1CNC1CCNCC1. The predicted octanol–water partition coefficient (Wildman–Crippen LogP) is 1.12. The zero-order valence-corrected chi connectivity index (χ0v) is 11.6. The van der Waals surface area contributed by atoms with Gasteiger partial charge in [0.05, 0.1) is 0 Å². The molecule has 2 aliphatic heterocycles. The number of nitrogens with zero attached hydrogens (tertiary/aromatic N) is 1. The Labute approximate surface area is 110 Å². The molecule has 1 unspecified atom stereocenters. The monoisotopic (exact) mass is 253 g/mol. The van der Waals surface area contributed by atoms with E-state index >= 15 is 0 Å². The minimum atomic E-state index is 0.326. The van der Waals surface area contributed by atoms with E-state index in [9.17, 15) is 4.79 Å². The zero-order chi connectivity index (χ0) is 12.8. The molecule has 0 radical (unpaired) electrons. The van der Waals surface area contributed by atoms with E-state index in [0.29, 0.717) is 24.4 Å². The second-order valence-electron chi connectivity index (χ2n) is 5.52. The summed E-state index contributed by atoms with van der Waals surface area (Å²) in [5.74, 6) is 0.326. The molecule has 18 heavy (non-hydrogen) atoms. The fourth-order valence-electron chi connectivity index (χ4n) is 3.07. The molecule has 104 valence electrons. The summed E-state index contributed by atoms with van der Waals surface area (Å²) < 4.78 is 0. The van der Waals surface area contributed by atoms with Gasteiger partial charge in [0.1, 0.15) is 0 Å². The maximum atomic E-state index is 11.9. The zero-order valence-electron chi connectivity index (χ0n) is 11.6. The second kappa shape index (κ2) is 7.10. The van der Waals surface area contributed by atoms with Crippen LogP contribution >= 0.6 is 0 Å². The summed E-state index contributed by atoms with van der Waals surface area (Å²) in [4.78, 5) is 14.0. The molecule has 1 atom stereocenters. The Balaban J connectivity index is 1.79. The van der Waals surface area contributed by atoms with Gasteiger partial charge < -0.3 is 15.5 Å². The highest BCUT2D eigenvalue weighted by atomic mass is 16.2. The number of hydrogen-bond donors (Lipinski definition) is 2. The molecule has 4 heteroatoms. The lowest BCUT2D eigenvalue weighted by Crippen LogP contribution is -2.51. The average molecular weight is 253 g/mol. The van der Waals surface area contributed by atoms with E-state index in [2.05, 4.69) is 15.5 Å². The molecule has 0 saturated carbocycles. The molecule has 4 nitrogen and oxygen atoms in total. The van der Waals surface area contributed by atoms with Gasteiger partial charge in [0.15, 0.2) is 0 Å². The third kappa shape index (κ3) is 3.69. The molecule has 0 aliphatic carbocycles. The van der Waals surface area contributed by atoms with E-state index in [-0.39, 0.29) is 0 Å². The van der Waals surface area contributed by atoms with Crippen molar-refractivity contribution in [2.24, 2.45) is 0 Å². The Morgan fingerprint density at radius 1 is 1.28 bits per heavy atom. The summed E-state index contributed by atoms with van der Waals surface area (Å²) in [6, 6.07) is 1.08. The van der Waals surface area contributed by atoms with Gasteiger partial charge in [-0.05, 0) is 45.2 Å². The van der Waals surface area contributed by atoms with Crippen molar-refractivity contribution >= 4 is 5.91 Å². The number of piperidine rings is 2. The van der Waals surface area contributed by atoms with E-state index in [4.69, 9.17) is 0 Å². The van der Waals surface area contributed by atoms with Crippen LogP contribution in [0.3, 0.4) is 0 Å². The van der Waals surface area contributed by atoms with Gasteiger partial charge in [-0.25, -0.2) is 0 Å². The summed E-state index contributed by atoms with van der Waals surface area (Å²) in [6.07, 6.45) is 6.69. The molecular formula is C14H27N3O. The molecule has 0 aromatic carbocycles. The largest absolute Gasteiger partial charge is 0.338 e. The Morgan fingerprint density at radius 3 is 2.78 bits per heavy atom. The van der Waals surface area contributed by atoms with Gasteiger partial charge in [-0.3, -0.25) is 4.79 Å². The van der Waals surface area contributed by atoms with Crippen LogP contribution in [0.25, 0.3) is 0 Å². The maximum Gasteiger partial charge on any atom is 0.222 e. The van der Waals surface area contributed by atoms with Gasteiger partial charge in [-0.1, -0.05) is 6.92 Å². The van der Waals surface area contributed by atoms with Crippen molar-refractivity contribution in [2.45, 2.75) is 57.5 Å². The van der Waals surface area contributed by atoms with E-state index in [0.717, 1.165) is 26.2 Å². The summed E-state index contributed by atoms with van der Waals surface area (Å²) in [6.45, 7) is 6.16. The van der Waals surface area contributed by atoms with Crippen LogP contribution in [-0.4, -0.2) is 49.1 Å². The van der Waals surface area contributed by atoms with Crippen LogP contribution in [0.15, 0.2) is 0 Å². The molecule has 0 bridgehead atoms. The van der Waals surface area contributed by atoms with Crippen LogP contribution in [0.4, 0.5) is 0 Å². The van der Waals surface area contributed by atoms with Gasteiger partial charge in [-0.15, -0.1) is 0 Å². The third-order valence-electron chi connectivity index (χ3n) is 4.23. The Hall–Kier alpha value is -0.610. The van der Waals surface area contributed by atoms with Crippen LogP contribution in [0.2, 0.25) is 0 Å². The quantitative estimate of drug-likeness (QED) is 0.789. The first-order valence-corrected chi connectivity index (χ1v) is 7.55. The van der Waals surface area contributed by atoms with Crippen molar-refractivity contribution in [3.63, 3.8) is 0 Å². The van der Waals surface area contributed by atoms with Crippen LogP contribution in [-0.2, 0) is 4.79 Å². The van der Waals surface area contributed by atoms with Gasteiger partial charge in [0.2, 0.25) is 5.91 Å². The lowest BCUT2D eigenvalue weighted by atomic mass is 10.00. The molecule has 0 aromatic rings. The van der Waals surface area contributed by atoms with Gasteiger partial charge in [0.25, 0.3) is 0 Å². The minimum absolute atomic E-state index is 0.326. The van der Waals surface area contributed by atoms with Crippen molar-refractivity contribution in [2.75, 3.05) is 26.2 Å². The Kier molecular flexibility index (Phi) is 5.45. The molecule has 2 fully saturated rings. The number of hydrogen-bond acceptors (Lipinski definition) is 3. The van der Waals surface area contributed by atoms with Gasteiger partial charge in [0, 0.05) is 31.6 Å². The topological polar surface area (TPSA) is 44.4 Å². The van der Waals surface area contributed by atoms with E-state index in [1.807, 2.05) is 6.92 Å². The van der Waals surface area contributed by atoms with Crippen molar-refractivity contribution in [1.29, 1.82) is 0 Å². The van der Waals surface area contributed by atoms with Gasteiger partial charge >= 0.3 is 0 Å². The fraction of sp³-hybridized carbons (Fsp3) is 0.929. The molecule has 2 rings (SSSR count). The van der Waals surface area contributed by atoms with E-state index in [1.165, 1.54) is 32.1 Å².